The SMILES string of the molecule is COC[C@H]1O[C@@H](N2c3nc(N)[nH]c(=O)c3NC2O)C[C@H]1OC. The smallest absolute Gasteiger partial charge is 0.278 e. The largest absolute Gasteiger partial charge is 0.382 e. The Labute approximate surface area is 126 Å². The van der Waals surface area contributed by atoms with Crippen LogP contribution in [-0.2, 0) is 14.2 Å². The van der Waals surface area contributed by atoms with Gasteiger partial charge in [-0.1, -0.05) is 0 Å². The van der Waals surface area contributed by atoms with Crippen LogP contribution in [0.25, 0.3) is 0 Å². The van der Waals surface area contributed by atoms with Gasteiger partial charge in [-0.05, 0) is 0 Å². The van der Waals surface area contributed by atoms with E-state index >= 15 is 0 Å². The van der Waals surface area contributed by atoms with Gasteiger partial charge >= 0.3 is 0 Å². The Kier molecular flexibility index (Phi) is 3.91. The van der Waals surface area contributed by atoms with Gasteiger partial charge in [0.2, 0.25) is 12.3 Å². The van der Waals surface area contributed by atoms with E-state index in [0.717, 1.165) is 0 Å². The predicted molar refractivity (Wildman–Crippen MR) is 77.3 cm³/mol. The van der Waals surface area contributed by atoms with Crippen LogP contribution in [0.15, 0.2) is 4.79 Å². The standard InChI is InChI=1S/C12H19N5O5/c1-20-4-6-5(21-2)3-7(22-6)17-9-8(14-12(17)19)10(18)16-11(13)15-9/h5-7,12,14,19H,3-4H2,1-2H3,(H3,13,15,16,18)/t5-,6-,7-,12?/m1/s1. The summed E-state index contributed by atoms with van der Waals surface area (Å²) in [6.07, 6.45) is -1.59. The molecule has 4 atom stereocenters. The van der Waals surface area contributed by atoms with Crippen molar-refractivity contribution < 1.29 is 19.3 Å². The molecule has 0 saturated carbocycles. The lowest BCUT2D eigenvalue weighted by molar-refractivity contribution is -0.0491. The number of aromatic amines is 1. The third-order valence-corrected chi connectivity index (χ3v) is 3.82. The number of methoxy groups -OCH3 is 2. The number of nitrogens with one attached hydrogen (secondary N) is 2. The van der Waals surface area contributed by atoms with Crippen molar-refractivity contribution in [2.24, 2.45) is 0 Å². The van der Waals surface area contributed by atoms with Crippen LogP contribution in [0.3, 0.4) is 0 Å². The van der Waals surface area contributed by atoms with Gasteiger partial charge in [-0.15, -0.1) is 0 Å². The molecule has 0 radical (unpaired) electrons. The number of aliphatic hydroxyl groups is 1. The van der Waals surface area contributed by atoms with E-state index in [1.54, 1.807) is 14.2 Å². The molecule has 122 valence electrons. The van der Waals surface area contributed by atoms with Crippen LogP contribution in [0, 0.1) is 0 Å². The molecular weight excluding hydrogens is 294 g/mol. The van der Waals surface area contributed by atoms with Gasteiger partial charge in [0.25, 0.3) is 5.56 Å². The first-order valence-electron chi connectivity index (χ1n) is 6.85. The fraction of sp³-hybridized carbons (Fsp3) is 0.667. The lowest BCUT2D eigenvalue weighted by Crippen LogP contribution is -2.44. The highest BCUT2D eigenvalue weighted by Gasteiger charge is 2.44. The van der Waals surface area contributed by atoms with Crippen molar-refractivity contribution in [3.8, 4) is 0 Å². The van der Waals surface area contributed by atoms with E-state index < -0.39 is 18.1 Å². The highest BCUT2D eigenvalue weighted by atomic mass is 16.6. The number of ether oxygens (including phenoxy) is 3. The van der Waals surface area contributed by atoms with Crippen LogP contribution in [0.2, 0.25) is 0 Å². The highest BCUT2D eigenvalue weighted by Crippen LogP contribution is 2.36. The summed E-state index contributed by atoms with van der Waals surface area (Å²) in [5.41, 5.74) is 5.29. The molecule has 2 aliphatic heterocycles. The fourth-order valence-corrected chi connectivity index (χ4v) is 2.84. The molecule has 2 aliphatic rings. The zero-order valence-corrected chi connectivity index (χ0v) is 12.3. The van der Waals surface area contributed by atoms with Crippen molar-refractivity contribution >= 4 is 17.5 Å². The van der Waals surface area contributed by atoms with E-state index in [4.69, 9.17) is 19.9 Å². The number of aromatic nitrogens is 2. The number of nitrogens with zero attached hydrogens (tertiary/aromatic N) is 2. The molecule has 5 N–H and O–H groups in total. The second kappa shape index (κ2) is 5.72. The average molecular weight is 313 g/mol. The predicted octanol–water partition coefficient (Wildman–Crippen LogP) is -1.36. The second-order valence-corrected chi connectivity index (χ2v) is 5.17. The molecule has 0 spiro atoms. The first-order valence-corrected chi connectivity index (χ1v) is 6.85. The van der Waals surface area contributed by atoms with Crippen LogP contribution in [0.5, 0.6) is 0 Å². The number of aliphatic hydroxyl groups excluding tert-OH is 1. The molecule has 10 nitrogen and oxygen atoms in total. The van der Waals surface area contributed by atoms with Crippen LogP contribution in [0.1, 0.15) is 6.42 Å². The number of hydrogen-bond donors (Lipinski definition) is 4. The number of H-pyrrole nitrogens is 1. The Morgan fingerprint density at radius 1 is 1.55 bits per heavy atom. The number of rotatable bonds is 4. The van der Waals surface area contributed by atoms with Crippen LogP contribution >= 0.6 is 0 Å². The van der Waals surface area contributed by atoms with Gasteiger partial charge in [0.15, 0.2) is 5.82 Å². The average Bonchev–Trinajstić information content (AvgIpc) is 3.00. The maximum Gasteiger partial charge on any atom is 0.278 e. The topological polar surface area (TPSA) is 135 Å². The number of nitrogen functional groups attached to an aromatic ring is 1. The van der Waals surface area contributed by atoms with Gasteiger partial charge in [0.05, 0.1) is 12.7 Å². The van der Waals surface area contributed by atoms with Crippen LogP contribution < -0.4 is 21.5 Å². The second-order valence-electron chi connectivity index (χ2n) is 5.17. The summed E-state index contributed by atoms with van der Waals surface area (Å²) in [7, 11) is 3.17. The van der Waals surface area contributed by atoms with Gasteiger partial charge < -0.3 is 30.4 Å². The molecular formula is C12H19N5O5. The summed E-state index contributed by atoms with van der Waals surface area (Å²) in [4.78, 5) is 19.8. The van der Waals surface area contributed by atoms with E-state index in [9.17, 15) is 9.90 Å². The van der Waals surface area contributed by atoms with Gasteiger partial charge in [0.1, 0.15) is 18.0 Å². The van der Waals surface area contributed by atoms with Crippen molar-refractivity contribution in [2.75, 3.05) is 36.8 Å². The minimum Gasteiger partial charge on any atom is -0.382 e. The summed E-state index contributed by atoms with van der Waals surface area (Å²) in [5, 5.41) is 12.9. The van der Waals surface area contributed by atoms with E-state index in [1.807, 2.05) is 0 Å². The molecule has 10 heteroatoms. The summed E-state index contributed by atoms with van der Waals surface area (Å²) < 4.78 is 16.4. The summed E-state index contributed by atoms with van der Waals surface area (Å²) >= 11 is 0. The fourth-order valence-electron chi connectivity index (χ4n) is 2.84. The van der Waals surface area contributed by atoms with Crippen molar-refractivity contribution in [3.05, 3.63) is 10.4 Å². The molecule has 0 aromatic carbocycles. The Hall–Kier alpha value is -1.88. The Bertz CT molecular complexity index is 608. The molecule has 0 amide bonds. The molecule has 22 heavy (non-hydrogen) atoms. The lowest BCUT2D eigenvalue weighted by atomic mass is 10.2. The maximum atomic E-state index is 11.9. The first-order chi connectivity index (χ1) is 10.5. The third-order valence-electron chi connectivity index (χ3n) is 3.82. The Balaban J connectivity index is 1.89. The minimum atomic E-state index is -1.13. The number of anilines is 3. The van der Waals surface area contributed by atoms with Crippen molar-refractivity contribution in [1.82, 2.24) is 9.97 Å². The zero-order valence-electron chi connectivity index (χ0n) is 12.3. The lowest BCUT2D eigenvalue weighted by Gasteiger charge is -2.27. The van der Waals surface area contributed by atoms with Crippen molar-refractivity contribution in [1.29, 1.82) is 0 Å². The Morgan fingerprint density at radius 2 is 2.32 bits per heavy atom. The van der Waals surface area contributed by atoms with E-state index in [0.29, 0.717) is 13.0 Å². The van der Waals surface area contributed by atoms with Crippen molar-refractivity contribution in [3.63, 3.8) is 0 Å². The number of fused-ring (bicyclic) bond motifs is 1. The highest BCUT2D eigenvalue weighted by molar-refractivity contribution is 5.71. The summed E-state index contributed by atoms with van der Waals surface area (Å²) in [6, 6.07) is 0. The quantitative estimate of drug-likeness (QED) is 0.531. The van der Waals surface area contributed by atoms with Crippen LogP contribution in [0.4, 0.5) is 17.5 Å². The van der Waals surface area contributed by atoms with E-state index in [-0.39, 0.29) is 29.7 Å². The van der Waals surface area contributed by atoms with E-state index in [1.165, 1.54) is 4.90 Å². The molecule has 1 fully saturated rings. The van der Waals surface area contributed by atoms with Gasteiger partial charge in [-0.2, -0.15) is 4.98 Å². The van der Waals surface area contributed by atoms with Gasteiger partial charge in [-0.3, -0.25) is 14.7 Å². The van der Waals surface area contributed by atoms with E-state index in [2.05, 4.69) is 15.3 Å². The van der Waals surface area contributed by atoms with Crippen molar-refractivity contribution in [2.45, 2.75) is 31.2 Å². The third kappa shape index (κ3) is 2.39. The van der Waals surface area contributed by atoms with Gasteiger partial charge in [0, 0.05) is 20.6 Å². The molecule has 3 rings (SSSR count). The summed E-state index contributed by atoms with van der Waals surface area (Å²) in [6.45, 7) is 0.365. The molecule has 0 bridgehead atoms. The molecule has 0 aliphatic carbocycles. The molecule has 3 heterocycles. The molecule has 1 aromatic rings. The minimum absolute atomic E-state index is 0.0284. The number of hydrogen-bond acceptors (Lipinski definition) is 9. The number of nitrogens with two attached hydrogens (primary N) is 1. The monoisotopic (exact) mass is 313 g/mol. The first kappa shape index (κ1) is 15.0. The summed E-state index contributed by atoms with van der Waals surface area (Å²) in [5.74, 6) is 0.228. The van der Waals surface area contributed by atoms with Gasteiger partial charge in [-0.25, -0.2) is 0 Å². The maximum absolute atomic E-state index is 11.9. The molecule has 1 unspecified atom stereocenters. The normalized spacial score (nSPS) is 30.4. The molecule has 1 aromatic heterocycles. The zero-order chi connectivity index (χ0) is 15.9. The Morgan fingerprint density at radius 3 is 3.00 bits per heavy atom. The van der Waals surface area contributed by atoms with Crippen LogP contribution in [-0.4, -0.2) is 60.7 Å². The molecule has 1 saturated heterocycles.